The highest BCUT2D eigenvalue weighted by Crippen LogP contribution is 1.99. The Morgan fingerprint density at radius 1 is 1.21 bits per heavy atom. The summed E-state index contributed by atoms with van der Waals surface area (Å²) < 4.78 is 1.48. The molecule has 0 bridgehead atoms. The summed E-state index contributed by atoms with van der Waals surface area (Å²) in [5, 5.41) is 15.7. The Bertz CT molecular complexity index is 436. The SMILES string of the molecule is O=C(O)c1cnc(-n2cnnc2)nc1. The van der Waals surface area contributed by atoms with Crippen molar-refractivity contribution in [2.24, 2.45) is 0 Å². The number of nitrogens with zero attached hydrogens (tertiary/aromatic N) is 5. The fourth-order valence-corrected chi connectivity index (χ4v) is 0.869. The second-order valence-electron chi connectivity index (χ2n) is 2.45. The van der Waals surface area contributed by atoms with Gasteiger partial charge in [-0.05, 0) is 0 Å². The minimum Gasteiger partial charge on any atom is -0.478 e. The Balaban J connectivity index is 2.36. The average Bonchev–Trinajstić information content (AvgIpc) is 2.71. The molecule has 0 aromatic carbocycles. The number of hydrogen-bond donors (Lipinski definition) is 1. The highest BCUT2D eigenvalue weighted by molar-refractivity contribution is 5.86. The van der Waals surface area contributed by atoms with Crippen molar-refractivity contribution in [1.82, 2.24) is 24.7 Å². The van der Waals surface area contributed by atoms with E-state index in [1.165, 1.54) is 29.6 Å². The lowest BCUT2D eigenvalue weighted by Crippen LogP contribution is -2.03. The number of carboxylic acid groups (broad SMARTS) is 1. The molecule has 14 heavy (non-hydrogen) atoms. The van der Waals surface area contributed by atoms with Crippen LogP contribution in [0.5, 0.6) is 0 Å². The number of aromatic carboxylic acids is 1. The minimum absolute atomic E-state index is 0.0434. The summed E-state index contributed by atoms with van der Waals surface area (Å²) in [6, 6.07) is 0. The molecule has 0 spiro atoms. The van der Waals surface area contributed by atoms with Crippen molar-refractivity contribution in [2.75, 3.05) is 0 Å². The largest absolute Gasteiger partial charge is 0.478 e. The molecule has 0 atom stereocenters. The van der Waals surface area contributed by atoms with E-state index in [-0.39, 0.29) is 5.56 Å². The molecular formula is C7H5N5O2. The second-order valence-corrected chi connectivity index (χ2v) is 2.45. The molecule has 2 aromatic rings. The number of hydrogen-bond acceptors (Lipinski definition) is 5. The zero-order valence-electron chi connectivity index (χ0n) is 6.90. The first kappa shape index (κ1) is 8.30. The van der Waals surface area contributed by atoms with Gasteiger partial charge in [-0.1, -0.05) is 0 Å². The van der Waals surface area contributed by atoms with Gasteiger partial charge in [0.1, 0.15) is 12.7 Å². The van der Waals surface area contributed by atoms with Gasteiger partial charge in [0, 0.05) is 12.4 Å². The van der Waals surface area contributed by atoms with Crippen LogP contribution in [0.2, 0.25) is 0 Å². The normalized spacial score (nSPS) is 10.0. The lowest BCUT2D eigenvalue weighted by Gasteiger charge is -1.97. The average molecular weight is 191 g/mol. The van der Waals surface area contributed by atoms with Gasteiger partial charge in [0.05, 0.1) is 5.56 Å². The molecule has 0 aliphatic carbocycles. The monoisotopic (exact) mass is 191 g/mol. The molecule has 2 heterocycles. The Morgan fingerprint density at radius 3 is 2.29 bits per heavy atom. The molecule has 2 aromatic heterocycles. The fraction of sp³-hybridized carbons (Fsp3) is 0. The van der Waals surface area contributed by atoms with E-state index in [2.05, 4.69) is 20.2 Å². The molecule has 70 valence electrons. The van der Waals surface area contributed by atoms with Crippen molar-refractivity contribution < 1.29 is 9.90 Å². The maximum atomic E-state index is 10.5. The third kappa shape index (κ3) is 1.42. The third-order valence-electron chi connectivity index (χ3n) is 1.53. The minimum atomic E-state index is -1.06. The molecule has 0 aliphatic heterocycles. The molecule has 0 radical (unpaired) electrons. The van der Waals surface area contributed by atoms with E-state index >= 15 is 0 Å². The van der Waals surface area contributed by atoms with Crippen LogP contribution >= 0.6 is 0 Å². The summed E-state index contributed by atoms with van der Waals surface area (Å²) in [6.07, 6.45) is 5.31. The standard InChI is InChI=1S/C7H5N5O2/c13-6(14)5-1-8-7(9-2-5)12-3-10-11-4-12/h1-4H,(H,13,14). The topological polar surface area (TPSA) is 93.8 Å². The number of carbonyl (C=O) groups is 1. The van der Waals surface area contributed by atoms with Gasteiger partial charge in [-0.2, -0.15) is 0 Å². The molecule has 0 saturated heterocycles. The molecule has 1 N–H and O–H groups in total. The predicted molar refractivity (Wildman–Crippen MR) is 43.9 cm³/mol. The number of rotatable bonds is 2. The Hall–Kier alpha value is -2.31. The van der Waals surface area contributed by atoms with E-state index in [4.69, 9.17) is 5.11 Å². The van der Waals surface area contributed by atoms with Crippen LogP contribution in [0.15, 0.2) is 25.0 Å². The van der Waals surface area contributed by atoms with Crippen molar-refractivity contribution in [3.8, 4) is 5.95 Å². The van der Waals surface area contributed by atoms with Crippen molar-refractivity contribution in [2.45, 2.75) is 0 Å². The van der Waals surface area contributed by atoms with Crippen molar-refractivity contribution in [3.63, 3.8) is 0 Å². The quantitative estimate of drug-likeness (QED) is 0.703. The van der Waals surface area contributed by atoms with Crippen LogP contribution in [0.1, 0.15) is 10.4 Å². The molecule has 0 aliphatic rings. The van der Waals surface area contributed by atoms with E-state index in [1.807, 2.05) is 0 Å². The lowest BCUT2D eigenvalue weighted by atomic mass is 10.3. The van der Waals surface area contributed by atoms with Crippen LogP contribution in [0.3, 0.4) is 0 Å². The number of carboxylic acids is 1. The van der Waals surface area contributed by atoms with Crippen LogP contribution in [-0.2, 0) is 0 Å². The van der Waals surface area contributed by atoms with Gasteiger partial charge >= 0.3 is 5.97 Å². The van der Waals surface area contributed by atoms with Crippen LogP contribution in [0, 0.1) is 0 Å². The summed E-state index contributed by atoms with van der Waals surface area (Å²) in [5.41, 5.74) is 0.0434. The summed E-state index contributed by atoms with van der Waals surface area (Å²) in [7, 11) is 0. The van der Waals surface area contributed by atoms with Crippen LogP contribution < -0.4 is 0 Å². The van der Waals surface area contributed by atoms with E-state index in [1.54, 1.807) is 0 Å². The first-order chi connectivity index (χ1) is 6.77. The summed E-state index contributed by atoms with van der Waals surface area (Å²) in [4.78, 5) is 18.2. The molecule has 7 nitrogen and oxygen atoms in total. The van der Waals surface area contributed by atoms with E-state index in [9.17, 15) is 4.79 Å². The Labute approximate surface area is 78.1 Å². The first-order valence-corrected chi connectivity index (χ1v) is 3.68. The van der Waals surface area contributed by atoms with Gasteiger partial charge in [0.15, 0.2) is 0 Å². The van der Waals surface area contributed by atoms with Crippen molar-refractivity contribution in [3.05, 3.63) is 30.6 Å². The van der Waals surface area contributed by atoms with Gasteiger partial charge in [-0.15, -0.1) is 10.2 Å². The van der Waals surface area contributed by atoms with Crippen LogP contribution in [-0.4, -0.2) is 35.8 Å². The van der Waals surface area contributed by atoms with Crippen LogP contribution in [0.25, 0.3) is 5.95 Å². The van der Waals surface area contributed by atoms with Crippen LogP contribution in [0.4, 0.5) is 0 Å². The maximum absolute atomic E-state index is 10.5. The first-order valence-electron chi connectivity index (χ1n) is 3.68. The van der Waals surface area contributed by atoms with Gasteiger partial charge in [0.2, 0.25) is 5.95 Å². The van der Waals surface area contributed by atoms with Gasteiger partial charge in [-0.25, -0.2) is 14.8 Å². The predicted octanol–water partition coefficient (Wildman–Crippen LogP) is -0.245. The molecular weight excluding hydrogens is 186 g/mol. The molecule has 7 heteroatoms. The van der Waals surface area contributed by atoms with Gasteiger partial charge in [-0.3, -0.25) is 4.57 Å². The van der Waals surface area contributed by atoms with E-state index in [0.29, 0.717) is 5.95 Å². The van der Waals surface area contributed by atoms with Gasteiger partial charge in [0.25, 0.3) is 0 Å². The molecule has 0 fully saturated rings. The molecule has 2 rings (SSSR count). The third-order valence-corrected chi connectivity index (χ3v) is 1.53. The maximum Gasteiger partial charge on any atom is 0.338 e. The summed E-state index contributed by atoms with van der Waals surface area (Å²) >= 11 is 0. The fourth-order valence-electron chi connectivity index (χ4n) is 0.869. The van der Waals surface area contributed by atoms with Gasteiger partial charge < -0.3 is 5.11 Å². The van der Waals surface area contributed by atoms with E-state index in [0.717, 1.165) is 0 Å². The highest BCUT2D eigenvalue weighted by Gasteiger charge is 2.04. The molecule has 0 amide bonds. The molecule has 0 saturated carbocycles. The zero-order valence-corrected chi connectivity index (χ0v) is 6.90. The summed E-state index contributed by atoms with van der Waals surface area (Å²) in [5.74, 6) is -0.722. The zero-order chi connectivity index (χ0) is 9.97. The molecule has 0 unspecified atom stereocenters. The number of aromatic nitrogens is 5. The summed E-state index contributed by atoms with van der Waals surface area (Å²) in [6.45, 7) is 0. The van der Waals surface area contributed by atoms with E-state index < -0.39 is 5.97 Å². The smallest absolute Gasteiger partial charge is 0.338 e. The Kier molecular flexibility index (Phi) is 1.90. The Morgan fingerprint density at radius 2 is 1.79 bits per heavy atom. The van der Waals surface area contributed by atoms with Crippen molar-refractivity contribution in [1.29, 1.82) is 0 Å². The van der Waals surface area contributed by atoms with Crippen molar-refractivity contribution >= 4 is 5.97 Å². The lowest BCUT2D eigenvalue weighted by molar-refractivity contribution is 0.0696. The highest BCUT2D eigenvalue weighted by atomic mass is 16.4. The second kappa shape index (κ2) is 3.21.